The summed E-state index contributed by atoms with van der Waals surface area (Å²) in [6.07, 6.45) is 3.86. The first kappa shape index (κ1) is 16.0. The zero-order valence-corrected chi connectivity index (χ0v) is 13.7. The molecule has 0 saturated carbocycles. The first-order valence-corrected chi connectivity index (χ1v) is 8.47. The smallest absolute Gasteiger partial charge is 0.165 e. The van der Waals surface area contributed by atoms with Gasteiger partial charge in [-0.05, 0) is 74.6 Å². The van der Waals surface area contributed by atoms with Gasteiger partial charge in [0.15, 0.2) is 11.6 Å². The van der Waals surface area contributed by atoms with Crippen molar-refractivity contribution in [2.75, 3.05) is 19.6 Å². The minimum atomic E-state index is -0.337. The fourth-order valence-corrected chi connectivity index (χ4v) is 3.07. The van der Waals surface area contributed by atoms with Crippen LogP contribution in [0.2, 0.25) is 0 Å². The summed E-state index contributed by atoms with van der Waals surface area (Å²) < 4.78 is 19.2. The maximum atomic E-state index is 13.6. The SMILES string of the molecule is CC(CCN1CCCC1)c1ccc(Oc2ccccc2F)cc1. The van der Waals surface area contributed by atoms with Crippen molar-refractivity contribution in [1.29, 1.82) is 0 Å². The summed E-state index contributed by atoms with van der Waals surface area (Å²) in [4.78, 5) is 2.55. The Labute approximate surface area is 137 Å². The second-order valence-electron chi connectivity index (χ2n) is 6.34. The monoisotopic (exact) mass is 313 g/mol. The molecule has 23 heavy (non-hydrogen) atoms. The molecule has 1 fully saturated rings. The van der Waals surface area contributed by atoms with Crippen LogP contribution in [-0.4, -0.2) is 24.5 Å². The van der Waals surface area contributed by atoms with Crippen LogP contribution in [0.1, 0.15) is 37.7 Å². The maximum Gasteiger partial charge on any atom is 0.165 e. The maximum absolute atomic E-state index is 13.6. The van der Waals surface area contributed by atoms with Gasteiger partial charge < -0.3 is 9.64 Å². The predicted octanol–water partition coefficient (Wildman–Crippen LogP) is 5.21. The summed E-state index contributed by atoms with van der Waals surface area (Å²) >= 11 is 0. The average Bonchev–Trinajstić information content (AvgIpc) is 3.09. The van der Waals surface area contributed by atoms with Crippen LogP contribution < -0.4 is 4.74 Å². The topological polar surface area (TPSA) is 12.5 Å². The lowest BCUT2D eigenvalue weighted by Gasteiger charge is -2.18. The molecule has 2 aromatic carbocycles. The molecule has 3 heteroatoms. The molecule has 0 radical (unpaired) electrons. The average molecular weight is 313 g/mol. The largest absolute Gasteiger partial charge is 0.454 e. The van der Waals surface area contributed by atoms with Gasteiger partial charge in [0.1, 0.15) is 5.75 Å². The standard InChI is InChI=1S/C20H24FNO/c1-16(12-15-22-13-4-5-14-22)17-8-10-18(11-9-17)23-20-7-3-2-6-19(20)21/h2-3,6-11,16H,4-5,12-15H2,1H3. The minimum absolute atomic E-state index is 0.266. The summed E-state index contributed by atoms with van der Waals surface area (Å²) in [6.45, 7) is 5.95. The Bertz CT molecular complexity index is 620. The molecule has 0 N–H and O–H groups in total. The summed E-state index contributed by atoms with van der Waals surface area (Å²) in [7, 11) is 0. The molecule has 1 saturated heterocycles. The van der Waals surface area contributed by atoms with Crippen LogP contribution in [0.3, 0.4) is 0 Å². The van der Waals surface area contributed by atoms with E-state index >= 15 is 0 Å². The number of hydrogen-bond donors (Lipinski definition) is 0. The Kier molecular flexibility index (Phi) is 5.29. The van der Waals surface area contributed by atoms with E-state index in [1.807, 2.05) is 12.1 Å². The highest BCUT2D eigenvalue weighted by Crippen LogP contribution is 2.27. The zero-order chi connectivity index (χ0) is 16.1. The van der Waals surface area contributed by atoms with Crippen molar-refractivity contribution in [1.82, 2.24) is 4.90 Å². The fraction of sp³-hybridized carbons (Fsp3) is 0.400. The Morgan fingerprint density at radius 2 is 1.74 bits per heavy atom. The molecule has 3 rings (SSSR count). The number of benzene rings is 2. The Morgan fingerprint density at radius 3 is 2.43 bits per heavy atom. The van der Waals surface area contributed by atoms with Gasteiger partial charge in [-0.3, -0.25) is 0 Å². The number of ether oxygens (including phenoxy) is 1. The molecule has 2 nitrogen and oxygen atoms in total. The molecule has 1 aliphatic heterocycles. The van der Waals surface area contributed by atoms with Gasteiger partial charge in [-0.15, -0.1) is 0 Å². The third kappa shape index (κ3) is 4.32. The lowest BCUT2D eigenvalue weighted by Crippen LogP contribution is -2.21. The van der Waals surface area contributed by atoms with E-state index in [2.05, 4.69) is 24.0 Å². The molecule has 1 unspecified atom stereocenters. The number of hydrogen-bond acceptors (Lipinski definition) is 2. The van der Waals surface area contributed by atoms with Crippen molar-refractivity contribution in [3.05, 3.63) is 59.9 Å². The van der Waals surface area contributed by atoms with Gasteiger partial charge in [-0.1, -0.05) is 31.2 Å². The molecule has 0 bridgehead atoms. The minimum Gasteiger partial charge on any atom is -0.454 e. The van der Waals surface area contributed by atoms with Crippen LogP contribution in [0.5, 0.6) is 11.5 Å². The molecule has 0 amide bonds. The van der Waals surface area contributed by atoms with Crippen LogP contribution in [0.15, 0.2) is 48.5 Å². The van der Waals surface area contributed by atoms with E-state index < -0.39 is 0 Å². The summed E-state index contributed by atoms with van der Waals surface area (Å²) in [5.41, 5.74) is 1.31. The highest BCUT2D eigenvalue weighted by Gasteiger charge is 2.13. The number of rotatable bonds is 6. The van der Waals surface area contributed by atoms with Gasteiger partial charge in [0.05, 0.1) is 0 Å². The summed E-state index contributed by atoms with van der Waals surface area (Å²) in [6, 6.07) is 14.5. The number of para-hydroxylation sites is 1. The molecular weight excluding hydrogens is 289 g/mol. The molecule has 0 aliphatic carbocycles. The molecule has 0 spiro atoms. The first-order chi connectivity index (χ1) is 11.2. The molecule has 1 atom stereocenters. The van der Waals surface area contributed by atoms with Crippen molar-refractivity contribution in [3.63, 3.8) is 0 Å². The Morgan fingerprint density at radius 1 is 1.04 bits per heavy atom. The van der Waals surface area contributed by atoms with Gasteiger partial charge in [0.2, 0.25) is 0 Å². The Balaban J connectivity index is 1.56. The van der Waals surface area contributed by atoms with E-state index in [-0.39, 0.29) is 11.6 Å². The van der Waals surface area contributed by atoms with Crippen molar-refractivity contribution >= 4 is 0 Å². The molecular formula is C20H24FNO. The third-order valence-electron chi connectivity index (χ3n) is 4.59. The van der Waals surface area contributed by atoms with Gasteiger partial charge in [-0.25, -0.2) is 4.39 Å². The van der Waals surface area contributed by atoms with E-state index in [4.69, 9.17) is 4.74 Å². The Hall–Kier alpha value is -1.87. The summed E-state index contributed by atoms with van der Waals surface area (Å²) in [5.74, 6) is 1.13. The highest BCUT2D eigenvalue weighted by molar-refractivity contribution is 5.34. The number of nitrogens with zero attached hydrogens (tertiary/aromatic N) is 1. The van der Waals surface area contributed by atoms with Crippen molar-refractivity contribution in [2.24, 2.45) is 0 Å². The van der Waals surface area contributed by atoms with Gasteiger partial charge in [-0.2, -0.15) is 0 Å². The second-order valence-corrected chi connectivity index (χ2v) is 6.34. The van der Waals surface area contributed by atoms with Crippen LogP contribution in [0.4, 0.5) is 4.39 Å². The van der Waals surface area contributed by atoms with Crippen molar-refractivity contribution < 1.29 is 9.13 Å². The van der Waals surface area contributed by atoms with E-state index in [1.54, 1.807) is 18.2 Å². The summed E-state index contributed by atoms with van der Waals surface area (Å²) in [5, 5.41) is 0. The van der Waals surface area contributed by atoms with E-state index in [0.717, 1.165) is 0 Å². The van der Waals surface area contributed by atoms with E-state index in [9.17, 15) is 4.39 Å². The number of halogens is 1. The second kappa shape index (κ2) is 7.60. The van der Waals surface area contributed by atoms with E-state index in [0.29, 0.717) is 11.7 Å². The normalized spacial score (nSPS) is 16.4. The molecule has 1 aliphatic rings. The molecule has 122 valence electrons. The lowest BCUT2D eigenvalue weighted by molar-refractivity contribution is 0.324. The van der Waals surface area contributed by atoms with E-state index in [1.165, 1.54) is 50.5 Å². The fourth-order valence-electron chi connectivity index (χ4n) is 3.07. The van der Waals surface area contributed by atoms with Crippen LogP contribution in [-0.2, 0) is 0 Å². The van der Waals surface area contributed by atoms with Gasteiger partial charge in [0.25, 0.3) is 0 Å². The van der Waals surface area contributed by atoms with Crippen molar-refractivity contribution in [2.45, 2.75) is 32.1 Å². The first-order valence-electron chi connectivity index (χ1n) is 8.47. The van der Waals surface area contributed by atoms with Gasteiger partial charge in [0, 0.05) is 0 Å². The molecule has 2 aromatic rings. The molecule has 1 heterocycles. The lowest BCUT2D eigenvalue weighted by atomic mass is 9.97. The predicted molar refractivity (Wildman–Crippen MR) is 91.6 cm³/mol. The van der Waals surface area contributed by atoms with Crippen molar-refractivity contribution in [3.8, 4) is 11.5 Å². The number of likely N-dealkylation sites (tertiary alicyclic amines) is 1. The highest BCUT2D eigenvalue weighted by atomic mass is 19.1. The van der Waals surface area contributed by atoms with Crippen LogP contribution in [0.25, 0.3) is 0 Å². The third-order valence-corrected chi connectivity index (χ3v) is 4.59. The zero-order valence-electron chi connectivity index (χ0n) is 13.7. The van der Waals surface area contributed by atoms with Gasteiger partial charge >= 0.3 is 0 Å². The van der Waals surface area contributed by atoms with Crippen LogP contribution in [0, 0.1) is 5.82 Å². The van der Waals surface area contributed by atoms with Crippen LogP contribution >= 0.6 is 0 Å². The quantitative estimate of drug-likeness (QED) is 0.726. The molecule has 0 aromatic heterocycles.